The van der Waals surface area contributed by atoms with Gasteiger partial charge in [-0.2, -0.15) is 8.42 Å². The predicted octanol–water partition coefficient (Wildman–Crippen LogP) is 3.71. The quantitative estimate of drug-likeness (QED) is 0.787. The summed E-state index contributed by atoms with van der Waals surface area (Å²) in [7, 11) is -2.24. The first-order valence-electron chi connectivity index (χ1n) is 5.37. The highest BCUT2D eigenvalue weighted by Gasteiger charge is 2.24. The number of sulfonamides is 1. The largest absolute Gasteiger partial charge is 0.324 e. The molecular weight excluding hydrogens is 433 g/mol. The molecule has 0 fully saturated rings. The lowest BCUT2D eigenvalue weighted by atomic mass is 10.2. The van der Waals surface area contributed by atoms with E-state index in [9.17, 15) is 8.42 Å². The number of hydrogen-bond acceptors (Lipinski definition) is 3. The molecule has 108 valence electrons. The Morgan fingerprint density at radius 3 is 2.30 bits per heavy atom. The summed E-state index contributed by atoms with van der Waals surface area (Å²) >= 11 is 12.6. The van der Waals surface area contributed by atoms with Crippen molar-refractivity contribution in [1.82, 2.24) is 9.55 Å². The maximum Gasteiger partial charge on any atom is 0.282 e. The monoisotopic (exact) mass is 441 g/mol. The molecule has 1 aromatic heterocycles. The van der Waals surface area contributed by atoms with Crippen molar-refractivity contribution in [3.63, 3.8) is 0 Å². The van der Waals surface area contributed by atoms with Crippen LogP contribution >= 0.6 is 43.5 Å². The van der Waals surface area contributed by atoms with E-state index >= 15 is 0 Å². The van der Waals surface area contributed by atoms with Crippen LogP contribution in [-0.4, -0.2) is 18.0 Å². The standard InChI is InChI=1S/C11H10Br2ClN3O2S/c1-6-3-7(12)9(8(13)4-6)16-20(18,19)11-10(14)17(2)5-15-11/h3-5,16H,1-2H3. The molecule has 0 saturated carbocycles. The van der Waals surface area contributed by atoms with Crippen molar-refractivity contribution in [2.45, 2.75) is 11.9 Å². The Labute approximate surface area is 138 Å². The van der Waals surface area contributed by atoms with Crippen LogP contribution < -0.4 is 4.72 Å². The molecule has 0 amide bonds. The van der Waals surface area contributed by atoms with Crippen LogP contribution in [0, 0.1) is 6.92 Å². The van der Waals surface area contributed by atoms with Crippen molar-refractivity contribution < 1.29 is 8.42 Å². The van der Waals surface area contributed by atoms with Gasteiger partial charge in [0.05, 0.1) is 12.0 Å². The van der Waals surface area contributed by atoms with E-state index in [1.807, 2.05) is 19.1 Å². The average Bonchev–Trinajstić information content (AvgIpc) is 2.65. The second-order valence-corrected chi connectivity index (χ2v) is 7.82. The van der Waals surface area contributed by atoms with Crippen molar-refractivity contribution in [3.05, 3.63) is 38.1 Å². The van der Waals surface area contributed by atoms with Gasteiger partial charge in [-0.1, -0.05) is 11.6 Å². The zero-order chi connectivity index (χ0) is 15.1. The number of benzene rings is 1. The molecule has 0 unspecified atom stereocenters. The van der Waals surface area contributed by atoms with E-state index in [-0.39, 0.29) is 10.2 Å². The normalized spacial score (nSPS) is 11.7. The fraction of sp³-hybridized carbons (Fsp3) is 0.182. The van der Waals surface area contributed by atoms with Gasteiger partial charge < -0.3 is 4.57 Å². The Bertz CT molecular complexity index is 751. The van der Waals surface area contributed by atoms with E-state index in [0.29, 0.717) is 14.6 Å². The second kappa shape index (κ2) is 5.67. The van der Waals surface area contributed by atoms with Crippen molar-refractivity contribution in [2.75, 3.05) is 4.72 Å². The molecule has 20 heavy (non-hydrogen) atoms. The van der Waals surface area contributed by atoms with Gasteiger partial charge in [-0.3, -0.25) is 4.72 Å². The molecule has 9 heteroatoms. The highest BCUT2D eigenvalue weighted by molar-refractivity contribution is 9.11. The van der Waals surface area contributed by atoms with Crippen LogP contribution in [0.15, 0.2) is 32.4 Å². The maximum absolute atomic E-state index is 12.3. The molecule has 0 radical (unpaired) electrons. The number of aromatic nitrogens is 2. The van der Waals surface area contributed by atoms with Crippen LogP contribution in [0.5, 0.6) is 0 Å². The molecule has 0 aliphatic heterocycles. The summed E-state index contributed by atoms with van der Waals surface area (Å²) < 4.78 is 29.8. The van der Waals surface area contributed by atoms with E-state index in [0.717, 1.165) is 5.56 Å². The molecule has 1 aromatic carbocycles. The number of halogens is 3. The molecule has 0 aliphatic carbocycles. The van der Waals surface area contributed by atoms with Crippen LogP contribution in [0.4, 0.5) is 5.69 Å². The minimum absolute atomic E-state index is 0.0526. The molecule has 2 rings (SSSR count). The third-order valence-electron chi connectivity index (χ3n) is 2.51. The zero-order valence-electron chi connectivity index (χ0n) is 10.5. The number of imidazole rings is 1. The molecule has 2 aromatic rings. The average molecular weight is 444 g/mol. The molecular formula is C11H10Br2ClN3O2S. The molecule has 1 heterocycles. The van der Waals surface area contributed by atoms with Gasteiger partial charge in [0.1, 0.15) is 5.15 Å². The summed E-state index contributed by atoms with van der Waals surface area (Å²) in [5.41, 5.74) is 1.39. The summed E-state index contributed by atoms with van der Waals surface area (Å²) in [6, 6.07) is 3.62. The SMILES string of the molecule is Cc1cc(Br)c(NS(=O)(=O)c2ncn(C)c2Cl)c(Br)c1. The lowest BCUT2D eigenvalue weighted by Crippen LogP contribution is -2.15. The minimum Gasteiger partial charge on any atom is -0.324 e. The summed E-state index contributed by atoms with van der Waals surface area (Å²) in [4.78, 5) is 3.81. The van der Waals surface area contributed by atoms with Gasteiger partial charge in [0.15, 0.2) is 0 Å². The van der Waals surface area contributed by atoms with E-state index in [4.69, 9.17) is 11.6 Å². The number of aryl methyl sites for hydroxylation is 2. The van der Waals surface area contributed by atoms with Crippen LogP contribution in [0.2, 0.25) is 5.15 Å². The predicted molar refractivity (Wildman–Crippen MR) is 85.6 cm³/mol. The minimum atomic E-state index is -3.85. The zero-order valence-corrected chi connectivity index (χ0v) is 15.2. The maximum atomic E-state index is 12.3. The van der Waals surface area contributed by atoms with Gasteiger partial charge in [0, 0.05) is 16.0 Å². The fourth-order valence-electron chi connectivity index (χ4n) is 1.55. The lowest BCUT2D eigenvalue weighted by molar-refractivity contribution is 0.598. The third kappa shape index (κ3) is 3.03. The number of rotatable bonds is 3. The lowest BCUT2D eigenvalue weighted by Gasteiger charge is -2.11. The summed E-state index contributed by atoms with van der Waals surface area (Å²) in [5.74, 6) is 0. The van der Waals surface area contributed by atoms with Gasteiger partial charge in [0.25, 0.3) is 10.0 Å². The molecule has 0 bridgehead atoms. The first-order chi connectivity index (χ1) is 9.22. The van der Waals surface area contributed by atoms with Crippen LogP contribution in [0.1, 0.15) is 5.56 Å². The number of anilines is 1. The second-order valence-electron chi connectivity index (χ2n) is 4.16. The summed E-state index contributed by atoms with van der Waals surface area (Å²) in [6.07, 6.45) is 1.34. The van der Waals surface area contributed by atoms with Crippen molar-refractivity contribution >= 4 is 59.2 Å². The smallest absolute Gasteiger partial charge is 0.282 e. The van der Waals surface area contributed by atoms with Crippen LogP contribution in [0.25, 0.3) is 0 Å². The first-order valence-corrected chi connectivity index (χ1v) is 8.82. The highest BCUT2D eigenvalue weighted by Crippen LogP contribution is 2.34. The van der Waals surface area contributed by atoms with Gasteiger partial charge in [-0.15, -0.1) is 0 Å². The van der Waals surface area contributed by atoms with Crippen LogP contribution in [0.3, 0.4) is 0 Å². The van der Waals surface area contributed by atoms with E-state index in [1.165, 1.54) is 10.9 Å². The Morgan fingerprint density at radius 2 is 1.85 bits per heavy atom. The van der Waals surface area contributed by atoms with Crippen molar-refractivity contribution in [1.29, 1.82) is 0 Å². The fourth-order valence-corrected chi connectivity index (χ4v) is 4.96. The molecule has 0 saturated heterocycles. The Hall–Kier alpha value is -0.570. The highest BCUT2D eigenvalue weighted by atomic mass is 79.9. The molecule has 0 atom stereocenters. The van der Waals surface area contributed by atoms with E-state index in [2.05, 4.69) is 41.6 Å². The first kappa shape index (κ1) is 15.8. The number of hydrogen-bond donors (Lipinski definition) is 1. The number of nitrogens with zero attached hydrogens (tertiary/aromatic N) is 2. The van der Waals surface area contributed by atoms with Crippen molar-refractivity contribution in [2.24, 2.45) is 7.05 Å². The van der Waals surface area contributed by atoms with Gasteiger partial charge in [-0.25, -0.2) is 4.98 Å². The third-order valence-corrected chi connectivity index (χ3v) is 5.60. The molecule has 5 nitrogen and oxygen atoms in total. The van der Waals surface area contributed by atoms with Gasteiger partial charge in [-0.05, 0) is 56.5 Å². The van der Waals surface area contributed by atoms with Crippen molar-refractivity contribution in [3.8, 4) is 0 Å². The summed E-state index contributed by atoms with van der Waals surface area (Å²) in [5, 5.41) is -0.155. The number of nitrogens with one attached hydrogen (secondary N) is 1. The Morgan fingerprint density at radius 1 is 1.30 bits per heavy atom. The van der Waals surface area contributed by atoms with E-state index in [1.54, 1.807) is 7.05 Å². The Kier molecular flexibility index (Phi) is 4.48. The molecule has 1 N–H and O–H groups in total. The summed E-state index contributed by atoms with van der Waals surface area (Å²) in [6.45, 7) is 1.91. The van der Waals surface area contributed by atoms with Gasteiger partial charge in [0.2, 0.25) is 5.03 Å². The van der Waals surface area contributed by atoms with E-state index < -0.39 is 10.0 Å². The topological polar surface area (TPSA) is 64.0 Å². The van der Waals surface area contributed by atoms with Crippen LogP contribution in [-0.2, 0) is 17.1 Å². The Balaban J connectivity index is 2.47. The molecule has 0 aliphatic rings. The molecule has 0 spiro atoms. The van der Waals surface area contributed by atoms with Gasteiger partial charge >= 0.3 is 0 Å².